The largest absolute Gasteiger partial charge is 0.395 e. The van der Waals surface area contributed by atoms with Gasteiger partial charge in [0.25, 0.3) is 0 Å². The van der Waals surface area contributed by atoms with Crippen LogP contribution in [0, 0.1) is 5.92 Å². The van der Waals surface area contributed by atoms with Crippen LogP contribution in [-0.4, -0.2) is 30.9 Å². The van der Waals surface area contributed by atoms with Crippen molar-refractivity contribution in [1.29, 1.82) is 0 Å². The van der Waals surface area contributed by atoms with Crippen LogP contribution in [0.5, 0.6) is 0 Å². The molecule has 102 valence electrons. The molecule has 0 aromatic carbocycles. The number of alkyl halides is 3. The first-order chi connectivity index (χ1) is 8.54. The summed E-state index contributed by atoms with van der Waals surface area (Å²) < 4.78 is 42.0. The summed E-state index contributed by atoms with van der Waals surface area (Å²) >= 11 is 0. The lowest BCUT2D eigenvalue weighted by Gasteiger charge is -2.18. The maximum absolute atomic E-state index is 12.3. The molecule has 3 nitrogen and oxygen atoms in total. The first-order valence-corrected chi connectivity index (χ1v) is 5.77. The Morgan fingerprint density at radius 3 is 2.50 bits per heavy atom. The highest BCUT2D eigenvalue weighted by Gasteiger charge is 2.38. The molecular formula is C12H17F3N2O. The van der Waals surface area contributed by atoms with Crippen molar-refractivity contribution in [2.45, 2.75) is 19.0 Å². The number of aromatic nitrogens is 1. The van der Waals surface area contributed by atoms with Gasteiger partial charge in [0.15, 0.2) is 0 Å². The topological polar surface area (TPSA) is 48.1 Å². The quantitative estimate of drug-likeness (QED) is 0.766. The number of nitrogens with two attached hydrogens (primary N) is 1. The van der Waals surface area contributed by atoms with E-state index in [2.05, 4.69) is 4.98 Å². The molecule has 1 aromatic rings. The van der Waals surface area contributed by atoms with Crippen LogP contribution >= 0.6 is 0 Å². The molecule has 0 bridgehead atoms. The fourth-order valence-corrected chi connectivity index (χ4v) is 1.45. The second-order valence-corrected chi connectivity index (χ2v) is 4.01. The number of hydrogen-bond donors (Lipinski definition) is 1. The van der Waals surface area contributed by atoms with Crippen molar-refractivity contribution in [1.82, 2.24) is 4.98 Å². The molecule has 0 radical (unpaired) electrons. The van der Waals surface area contributed by atoms with Gasteiger partial charge in [-0.1, -0.05) is 0 Å². The minimum absolute atomic E-state index is 0.300. The van der Waals surface area contributed by atoms with Gasteiger partial charge in [-0.25, -0.2) is 0 Å². The number of aryl methyl sites for hydroxylation is 1. The molecule has 0 spiro atoms. The van der Waals surface area contributed by atoms with Crippen LogP contribution in [0.15, 0.2) is 24.5 Å². The third kappa shape index (κ3) is 5.46. The van der Waals surface area contributed by atoms with E-state index in [1.54, 1.807) is 12.4 Å². The molecule has 1 rings (SSSR count). The van der Waals surface area contributed by atoms with Gasteiger partial charge in [-0.05, 0) is 30.5 Å². The summed E-state index contributed by atoms with van der Waals surface area (Å²) in [6.07, 6.45) is 0.537. The van der Waals surface area contributed by atoms with Gasteiger partial charge in [0.05, 0.1) is 12.5 Å². The summed E-state index contributed by atoms with van der Waals surface area (Å²) in [5.74, 6) is -1.57. The Bertz CT molecular complexity index is 330. The second kappa shape index (κ2) is 7.33. The van der Waals surface area contributed by atoms with E-state index in [1.807, 2.05) is 12.1 Å². The van der Waals surface area contributed by atoms with Crippen molar-refractivity contribution in [3.8, 4) is 0 Å². The maximum Gasteiger partial charge on any atom is 0.395 e. The lowest BCUT2D eigenvalue weighted by atomic mass is 10.1. The Balaban J connectivity index is 2.15. The molecule has 0 saturated heterocycles. The molecule has 0 aliphatic rings. The molecule has 1 heterocycles. The first kappa shape index (κ1) is 14.9. The predicted molar refractivity (Wildman–Crippen MR) is 62.0 cm³/mol. The summed E-state index contributed by atoms with van der Waals surface area (Å²) in [4.78, 5) is 3.88. The molecule has 6 heteroatoms. The molecule has 0 aliphatic carbocycles. The zero-order valence-electron chi connectivity index (χ0n) is 9.99. The molecule has 1 unspecified atom stereocenters. The van der Waals surface area contributed by atoms with Crippen LogP contribution in [-0.2, 0) is 11.2 Å². The Morgan fingerprint density at radius 2 is 1.94 bits per heavy atom. The van der Waals surface area contributed by atoms with Gasteiger partial charge in [0, 0.05) is 25.5 Å². The molecule has 1 atom stereocenters. The monoisotopic (exact) mass is 262 g/mol. The number of nitrogens with zero attached hydrogens (tertiary/aromatic N) is 1. The van der Waals surface area contributed by atoms with Crippen molar-refractivity contribution in [2.24, 2.45) is 11.7 Å². The normalized spacial score (nSPS) is 13.6. The van der Waals surface area contributed by atoms with E-state index in [9.17, 15) is 13.2 Å². The van der Waals surface area contributed by atoms with Gasteiger partial charge in [0.1, 0.15) is 0 Å². The van der Waals surface area contributed by atoms with Gasteiger partial charge in [-0.2, -0.15) is 13.2 Å². The van der Waals surface area contributed by atoms with Gasteiger partial charge >= 0.3 is 6.18 Å². The average molecular weight is 262 g/mol. The van der Waals surface area contributed by atoms with E-state index in [1.165, 1.54) is 0 Å². The van der Waals surface area contributed by atoms with Crippen LogP contribution in [0.4, 0.5) is 13.2 Å². The molecule has 0 aliphatic heterocycles. The smallest absolute Gasteiger partial charge is 0.381 e. The van der Waals surface area contributed by atoms with Gasteiger partial charge in [0.2, 0.25) is 0 Å². The molecular weight excluding hydrogens is 245 g/mol. The van der Waals surface area contributed by atoms with Crippen molar-refractivity contribution in [3.05, 3.63) is 30.1 Å². The Kier molecular flexibility index (Phi) is 6.07. The van der Waals surface area contributed by atoms with E-state index >= 15 is 0 Å². The second-order valence-electron chi connectivity index (χ2n) is 4.01. The molecule has 1 aromatic heterocycles. The molecule has 0 amide bonds. The lowest BCUT2D eigenvalue weighted by Crippen LogP contribution is -2.34. The highest BCUT2D eigenvalue weighted by molar-refractivity contribution is 5.09. The third-order valence-corrected chi connectivity index (χ3v) is 2.57. The lowest BCUT2D eigenvalue weighted by molar-refractivity contribution is -0.185. The summed E-state index contributed by atoms with van der Waals surface area (Å²) in [7, 11) is 0. The van der Waals surface area contributed by atoms with E-state index in [-0.39, 0.29) is 6.61 Å². The average Bonchev–Trinajstić information content (AvgIpc) is 2.33. The third-order valence-electron chi connectivity index (χ3n) is 2.57. The highest BCUT2D eigenvalue weighted by atomic mass is 19.4. The van der Waals surface area contributed by atoms with Crippen LogP contribution in [0.3, 0.4) is 0 Å². The standard InChI is InChI=1S/C12H17F3N2O/c13-12(14,15)11(8-16)9-18-7-1-2-10-3-5-17-6-4-10/h3-6,11H,1-2,7-9,16H2. The first-order valence-electron chi connectivity index (χ1n) is 5.77. The Labute approximate surface area is 104 Å². The summed E-state index contributed by atoms with van der Waals surface area (Å²) in [5.41, 5.74) is 6.15. The molecule has 0 fully saturated rings. The summed E-state index contributed by atoms with van der Waals surface area (Å²) in [6, 6.07) is 3.75. The Morgan fingerprint density at radius 1 is 1.28 bits per heavy atom. The maximum atomic E-state index is 12.3. The number of halogens is 3. The fraction of sp³-hybridized carbons (Fsp3) is 0.583. The van der Waals surface area contributed by atoms with Crippen LogP contribution in [0.25, 0.3) is 0 Å². The number of pyridine rings is 1. The van der Waals surface area contributed by atoms with E-state index in [0.717, 1.165) is 12.0 Å². The van der Waals surface area contributed by atoms with Crippen LogP contribution in [0.1, 0.15) is 12.0 Å². The molecule has 0 saturated carbocycles. The number of hydrogen-bond acceptors (Lipinski definition) is 3. The van der Waals surface area contributed by atoms with Crippen LogP contribution in [0.2, 0.25) is 0 Å². The number of ether oxygens (including phenoxy) is 1. The van der Waals surface area contributed by atoms with E-state index in [0.29, 0.717) is 13.0 Å². The predicted octanol–water partition coefficient (Wildman–Crippen LogP) is 2.17. The van der Waals surface area contributed by atoms with Crippen molar-refractivity contribution >= 4 is 0 Å². The van der Waals surface area contributed by atoms with Gasteiger partial charge in [-0.15, -0.1) is 0 Å². The van der Waals surface area contributed by atoms with Gasteiger partial charge in [-0.3, -0.25) is 4.98 Å². The summed E-state index contributed by atoms with van der Waals surface area (Å²) in [5, 5.41) is 0. The minimum Gasteiger partial charge on any atom is -0.381 e. The fourth-order valence-electron chi connectivity index (χ4n) is 1.45. The van der Waals surface area contributed by atoms with Crippen molar-refractivity contribution in [2.75, 3.05) is 19.8 Å². The minimum atomic E-state index is -4.28. The van der Waals surface area contributed by atoms with E-state index < -0.39 is 18.6 Å². The molecule has 2 N–H and O–H groups in total. The van der Waals surface area contributed by atoms with Crippen molar-refractivity contribution < 1.29 is 17.9 Å². The number of rotatable bonds is 7. The van der Waals surface area contributed by atoms with E-state index in [4.69, 9.17) is 10.5 Å². The van der Waals surface area contributed by atoms with Crippen molar-refractivity contribution in [3.63, 3.8) is 0 Å². The zero-order chi connectivity index (χ0) is 13.4. The SMILES string of the molecule is NCC(COCCCc1ccncc1)C(F)(F)F. The molecule has 18 heavy (non-hydrogen) atoms. The zero-order valence-corrected chi connectivity index (χ0v) is 9.99. The highest BCUT2D eigenvalue weighted by Crippen LogP contribution is 2.25. The van der Waals surface area contributed by atoms with Gasteiger partial charge < -0.3 is 10.5 Å². The summed E-state index contributed by atoms with van der Waals surface area (Å²) in [6.45, 7) is -0.501. The Hall–Kier alpha value is -1.14. The van der Waals surface area contributed by atoms with Crippen LogP contribution < -0.4 is 5.73 Å².